The summed E-state index contributed by atoms with van der Waals surface area (Å²) in [5, 5.41) is 9.99. The maximum Gasteiger partial charge on any atom is 0.232 e. The molecule has 0 radical (unpaired) electrons. The molecule has 1 aliphatic rings. The number of anilines is 1. The fourth-order valence-electron chi connectivity index (χ4n) is 4.44. The zero-order chi connectivity index (χ0) is 22.8. The van der Waals surface area contributed by atoms with Crippen LogP contribution in [0.1, 0.15) is 45.1 Å². The highest BCUT2D eigenvalue weighted by Gasteiger charge is 2.23. The smallest absolute Gasteiger partial charge is 0.232 e. The topological polar surface area (TPSA) is 60.3 Å². The van der Waals surface area contributed by atoms with Crippen molar-refractivity contribution in [1.29, 1.82) is 0 Å². The number of carbonyl (C=O) groups is 1. The van der Waals surface area contributed by atoms with Crippen molar-refractivity contribution in [2.24, 2.45) is 0 Å². The number of hydrogen-bond acceptors (Lipinski definition) is 6. The number of aromatic nitrogens is 3. The number of hydrogen-bond donors (Lipinski definition) is 0. The van der Waals surface area contributed by atoms with Crippen molar-refractivity contribution < 1.29 is 9.53 Å². The number of Topliss-reactive ketones (excluding diaryl/α,β-unsaturated/α-hetero) is 1. The van der Waals surface area contributed by atoms with Crippen LogP contribution >= 0.6 is 11.8 Å². The van der Waals surface area contributed by atoms with Crippen LogP contribution in [-0.4, -0.2) is 46.9 Å². The number of carbonyl (C=O) groups excluding carboxylic acids is 1. The minimum atomic E-state index is 0.115. The van der Waals surface area contributed by atoms with Crippen LogP contribution in [0.4, 0.5) is 5.95 Å². The van der Waals surface area contributed by atoms with Gasteiger partial charge in [0.25, 0.3) is 0 Å². The average Bonchev–Trinajstić information content (AvgIpc) is 3.17. The summed E-state index contributed by atoms with van der Waals surface area (Å²) in [5.74, 6) is 1.69. The Hall–Kier alpha value is -2.64. The number of morpholine rings is 1. The molecule has 3 aromatic rings. The van der Waals surface area contributed by atoms with Crippen molar-refractivity contribution in [3.63, 3.8) is 0 Å². The molecular weight excluding hydrogens is 420 g/mol. The van der Waals surface area contributed by atoms with Gasteiger partial charge in [-0.2, -0.15) is 0 Å². The number of thioether (sulfide) groups is 1. The van der Waals surface area contributed by atoms with Crippen molar-refractivity contribution in [3.05, 3.63) is 63.7 Å². The summed E-state index contributed by atoms with van der Waals surface area (Å²) < 4.78 is 7.68. The lowest BCUT2D eigenvalue weighted by Crippen LogP contribution is -2.37. The number of aryl methyl sites for hydroxylation is 3. The lowest BCUT2D eigenvalue weighted by atomic mass is 9.92. The van der Waals surface area contributed by atoms with Crippen LogP contribution in [-0.2, 0) is 10.5 Å². The first-order chi connectivity index (χ1) is 15.4. The number of benzene rings is 2. The molecule has 0 N–H and O–H groups in total. The highest BCUT2D eigenvalue weighted by molar-refractivity contribution is 7.98. The molecule has 2 aromatic carbocycles. The van der Waals surface area contributed by atoms with Crippen LogP contribution < -0.4 is 4.90 Å². The van der Waals surface area contributed by atoms with E-state index in [0.29, 0.717) is 13.2 Å². The van der Waals surface area contributed by atoms with Crippen LogP contribution in [0, 0.1) is 27.7 Å². The fraction of sp³-hybridized carbons (Fsp3) is 0.400. The largest absolute Gasteiger partial charge is 0.378 e. The summed E-state index contributed by atoms with van der Waals surface area (Å²) in [5.41, 5.74) is 7.58. The van der Waals surface area contributed by atoms with Crippen LogP contribution in [0.3, 0.4) is 0 Å². The van der Waals surface area contributed by atoms with Gasteiger partial charge in [-0.25, -0.2) is 0 Å². The van der Waals surface area contributed by atoms with E-state index in [4.69, 9.17) is 4.74 Å². The van der Waals surface area contributed by atoms with Gasteiger partial charge >= 0.3 is 0 Å². The lowest BCUT2D eigenvalue weighted by molar-refractivity contribution is 0.101. The Morgan fingerprint density at radius 3 is 2.50 bits per heavy atom. The third-order valence-electron chi connectivity index (χ3n) is 6.00. The van der Waals surface area contributed by atoms with Crippen LogP contribution in [0.2, 0.25) is 0 Å². The van der Waals surface area contributed by atoms with Gasteiger partial charge < -0.3 is 9.64 Å². The summed E-state index contributed by atoms with van der Waals surface area (Å²) in [7, 11) is 0. The molecule has 0 aliphatic carbocycles. The summed E-state index contributed by atoms with van der Waals surface area (Å²) in [6.07, 6.45) is 0. The predicted molar refractivity (Wildman–Crippen MR) is 129 cm³/mol. The molecular formula is C25H30N4O2S. The van der Waals surface area contributed by atoms with Gasteiger partial charge in [-0.15, -0.1) is 10.2 Å². The Morgan fingerprint density at radius 2 is 1.81 bits per heavy atom. The van der Waals surface area contributed by atoms with Crippen LogP contribution in [0.5, 0.6) is 0 Å². The van der Waals surface area contributed by atoms with Crippen molar-refractivity contribution >= 4 is 23.5 Å². The average molecular weight is 451 g/mol. The van der Waals surface area contributed by atoms with E-state index in [1.54, 1.807) is 18.7 Å². The van der Waals surface area contributed by atoms with Crippen LogP contribution in [0.25, 0.3) is 5.69 Å². The Kier molecular flexibility index (Phi) is 6.67. The summed E-state index contributed by atoms with van der Waals surface area (Å²) >= 11 is 1.66. The Morgan fingerprint density at radius 1 is 1.06 bits per heavy atom. The van der Waals surface area contributed by atoms with E-state index in [1.807, 2.05) is 6.92 Å². The normalized spacial score (nSPS) is 14.1. The minimum absolute atomic E-state index is 0.115. The third kappa shape index (κ3) is 4.45. The van der Waals surface area contributed by atoms with E-state index in [2.05, 4.69) is 70.8 Å². The van der Waals surface area contributed by atoms with E-state index in [-0.39, 0.29) is 5.78 Å². The highest BCUT2D eigenvalue weighted by atomic mass is 32.2. The lowest BCUT2D eigenvalue weighted by Gasteiger charge is -2.28. The van der Waals surface area contributed by atoms with Crippen molar-refractivity contribution in [3.8, 4) is 5.69 Å². The molecule has 0 amide bonds. The Labute approximate surface area is 194 Å². The second-order valence-corrected chi connectivity index (χ2v) is 9.33. The molecule has 1 aliphatic heterocycles. The number of rotatable bonds is 6. The van der Waals surface area contributed by atoms with Gasteiger partial charge in [-0.3, -0.25) is 9.36 Å². The van der Waals surface area contributed by atoms with E-state index in [0.717, 1.165) is 52.3 Å². The fourth-order valence-corrected chi connectivity index (χ4v) is 5.58. The van der Waals surface area contributed by atoms with Crippen molar-refractivity contribution in [1.82, 2.24) is 14.8 Å². The first-order valence-corrected chi connectivity index (χ1v) is 11.9. The number of ether oxygens (including phenoxy) is 1. The monoisotopic (exact) mass is 450 g/mol. The van der Waals surface area contributed by atoms with E-state index < -0.39 is 0 Å². The first kappa shape index (κ1) is 22.6. The van der Waals surface area contributed by atoms with Gasteiger partial charge in [-0.05, 0) is 74.6 Å². The zero-order valence-corrected chi connectivity index (χ0v) is 20.3. The Balaban J connectivity index is 1.71. The summed E-state index contributed by atoms with van der Waals surface area (Å²) in [6, 6.07) is 10.5. The second-order valence-electron chi connectivity index (χ2n) is 8.39. The standard InChI is InChI=1S/C25H30N4O2S/c1-16-7-6-8-21(13-16)29-24(28-9-11-31-12-10-28)26-27-25(29)32-15-22-17(2)14-18(3)23(19(22)4)20(5)30/h6-8,13-14H,9-12,15H2,1-5H3. The van der Waals surface area contributed by atoms with Crippen molar-refractivity contribution in [2.75, 3.05) is 31.2 Å². The molecule has 4 rings (SSSR count). The number of ketones is 1. The highest BCUT2D eigenvalue weighted by Crippen LogP contribution is 2.32. The summed E-state index contributed by atoms with van der Waals surface area (Å²) in [6.45, 7) is 12.9. The molecule has 6 nitrogen and oxygen atoms in total. The molecule has 0 bridgehead atoms. The molecule has 0 spiro atoms. The number of nitrogens with zero attached hydrogens (tertiary/aromatic N) is 4. The maximum absolute atomic E-state index is 12.2. The predicted octanol–water partition coefficient (Wildman–Crippen LogP) is 4.83. The van der Waals surface area contributed by atoms with E-state index in [1.165, 1.54) is 16.7 Å². The van der Waals surface area contributed by atoms with E-state index in [9.17, 15) is 4.79 Å². The minimum Gasteiger partial charge on any atom is -0.378 e. The molecule has 0 atom stereocenters. The molecule has 1 aromatic heterocycles. The molecule has 2 heterocycles. The van der Waals surface area contributed by atoms with Crippen molar-refractivity contribution in [2.45, 2.75) is 45.5 Å². The van der Waals surface area contributed by atoms with Gasteiger partial charge in [0.15, 0.2) is 10.9 Å². The second kappa shape index (κ2) is 9.46. The third-order valence-corrected chi connectivity index (χ3v) is 6.95. The van der Waals surface area contributed by atoms with Gasteiger partial charge in [0, 0.05) is 24.4 Å². The van der Waals surface area contributed by atoms with Gasteiger partial charge in [0.2, 0.25) is 5.95 Å². The quantitative estimate of drug-likeness (QED) is 0.396. The summed E-state index contributed by atoms with van der Waals surface area (Å²) in [4.78, 5) is 14.5. The molecule has 0 unspecified atom stereocenters. The molecule has 1 fully saturated rings. The molecule has 1 saturated heterocycles. The van der Waals surface area contributed by atoms with E-state index >= 15 is 0 Å². The molecule has 0 saturated carbocycles. The van der Waals surface area contributed by atoms with Gasteiger partial charge in [0.05, 0.1) is 18.9 Å². The maximum atomic E-state index is 12.2. The molecule has 7 heteroatoms. The first-order valence-electron chi connectivity index (χ1n) is 11.0. The van der Waals surface area contributed by atoms with Crippen LogP contribution in [0.15, 0.2) is 35.5 Å². The zero-order valence-electron chi connectivity index (χ0n) is 19.4. The van der Waals surface area contributed by atoms with Gasteiger partial charge in [0.1, 0.15) is 0 Å². The SMILES string of the molecule is CC(=O)c1c(C)cc(C)c(CSc2nnc(N3CCOCC3)n2-c2cccc(C)c2)c1C. The van der Waals surface area contributed by atoms with Gasteiger partial charge in [-0.1, -0.05) is 30.0 Å². The molecule has 168 valence electrons. The molecule has 32 heavy (non-hydrogen) atoms. The Bertz CT molecular complexity index is 1150.